The Morgan fingerprint density at radius 2 is 1.81 bits per heavy atom. The van der Waals surface area contributed by atoms with Gasteiger partial charge in [-0.05, 0) is 23.3 Å². The summed E-state index contributed by atoms with van der Waals surface area (Å²) in [4.78, 5) is 25.8. The van der Waals surface area contributed by atoms with Gasteiger partial charge in [0.1, 0.15) is 0 Å². The van der Waals surface area contributed by atoms with Crippen LogP contribution >= 0.6 is 11.8 Å². The Labute approximate surface area is 125 Å². The van der Waals surface area contributed by atoms with Crippen LogP contribution in [0.2, 0.25) is 0 Å². The van der Waals surface area contributed by atoms with Crippen LogP contribution in [0.5, 0.6) is 0 Å². The maximum absolute atomic E-state index is 10.9. The van der Waals surface area contributed by atoms with Gasteiger partial charge in [0.2, 0.25) is 0 Å². The van der Waals surface area contributed by atoms with Gasteiger partial charge < -0.3 is 10.2 Å². The fraction of sp³-hybridized carbons (Fsp3) is 0.133. The molecule has 0 atom stereocenters. The van der Waals surface area contributed by atoms with Crippen LogP contribution in [0.15, 0.2) is 47.6 Å². The van der Waals surface area contributed by atoms with Crippen LogP contribution in [-0.4, -0.2) is 27.1 Å². The van der Waals surface area contributed by atoms with Gasteiger partial charge in [-0.1, -0.05) is 24.3 Å². The molecule has 0 unspecified atom stereocenters. The number of hydrogen-bond donors (Lipinski definition) is 2. The molecule has 1 aromatic carbocycles. The molecule has 0 aliphatic heterocycles. The zero-order valence-electron chi connectivity index (χ0n) is 11.0. The van der Waals surface area contributed by atoms with E-state index in [9.17, 15) is 9.59 Å². The minimum Gasteiger partial charge on any atom is -0.481 e. The monoisotopic (exact) mass is 303 g/mol. The number of carboxylic acid groups (broad SMARTS) is 2. The van der Waals surface area contributed by atoms with E-state index in [1.807, 2.05) is 12.1 Å². The summed E-state index contributed by atoms with van der Waals surface area (Å²) in [6, 6.07) is 10.2. The smallest absolute Gasteiger partial charge is 0.335 e. The number of aromatic carboxylic acids is 1. The van der Waals surface area contributed by atoms with E-state index in [0.717, 1.165) is 11.1 Å². The molecule has 0 spiro atoms. The van der Waals surface area contributed by atoms with Crippen LogP contribution in [0.1, 0.15) is 21.5 Å². The predicted molar refractivity (Wildman–Crippen MR) is 78.5 cm³/mol. The number of hydrogen-bond acceptors (Lipinski definition) is 4. The highest BCUT2D eigenvalue weighted by molar-refractivity contribution is 7.98. The van der Waals surface area contributed by atoms with Gasteiger partial charge in [-0.3, -0.25) is 4.79 Å². The van der Waals surface area contributed by atoms with Gasteiger partial charge in [-0.15, -0.1) is 11.8 Å². The molecule has 0 fully saturated rings. The number of carbonyl (C=O) groups is 2. The van der Waals surface area contributed by atoms with Crippen molar-refractivity contribution in [3.63, 3.8) is 0 Å². The molecule has 0 radical (unpaired) electrons. The van der Waals surface area contributed by atoms with Crippen LogP contribution in [0, 0.1) is 0 Å². The van der Waals surface area contributed by atoms with E-state index in [4.69, 9.17) is 10.2 Å². The van der Waals surface area contributed by atoms with E-state index >= 15 is 0 Å². The molecule has 21 heavy (non-hydrogen) atoms. The average Bonchev–Trinajstić information content (AvgIpc) is 2.46. The molecule has 6 heteroatoms. The fourth-order valence-corrected chi connectivity index (χ4v) is 2.74. The number of benzene rings is 1. The van der Waals surface area contributed by atoms with Crippen molar-refractivity contribution in [3.05, 3.63) is 59.3 Å². The summed E-state index contributed by atoms with van der Waals surface area (Å²) in [5, 5.41) is 18.4. The van der Waals surface area contributed by atoms with Crippen LogP contribution in [-0.2, 0) is 17.0 Å². The minimum atomic E-state index is -0.995. The summed E-state index contributed by atoms with van der Waals surface area (Å²) in [5.41, 5.74) is 1.85. The standard InChI is InChI=1S/C15H13NO4S/c17-14(18)8-10-3-1-2-4-12(10)9-21-13-7-11(15(19)20)5-6-16-13/h1-7H,8-9H2,(H,17,18)(H,19,20). The zero-order chi connectivity index (χ0) is 15.2. The lowest BCUT2D eigenvalue weighted by Crippen LogP contribution is -2.03. The van der Waals surface area contributed by atoms with Crippen LogP contribution in [0.4, 0.5) is 0 Å². The van der Waals surface area contributed by atoms with Crippen molar-refractivity contribution in [2.24, 2.45) is 0 Å². The van der Waals surface area contributed by atoms with Crippen molar-refractivity contribution in [3.8, 4) is 0 Å². The lowest BCUT2D eigenvalue weighted by molar-refractivity contribution is -0.136. The Kier molecular flexibility index (Phi) is 4.94. The maximum atomic E-state index is 10.9. The first-order valence-corrected chi connectivity index (χ1v) is 7.15. The summed E-state index contributed by atoms with van der Waals surface area (Å²) in [5.74, 6) is -1.33. The number of rotatable bonds is 6. The summed E-state index contributed by atoms with van der Waals surface area (Å²) in [6.45, 7) is 0. The number of pyridine rings is 1. The molecule has 0 aliphatic carbocycles. The quantitative estimate of drug-likeness (QED) is 0.798. The molecule has 1 aromatic heterocycles. The van der Waals surface area contributed by atoms with Crippen molar-refractivity contribution in [2.45, 2.75) is 17.2 Å². The highest BCUT2D eigenvalue weighted by atomic mass is 32.2. The summed E-state index contributed by atoms with van der Waals surface area (Å²) in [7, 11) is 0. The second kappa shape index (κ2) is 6.90. The third kappa shape index (κ3) is 4.32. The second-order valence-corrected chi connectivity index (χ2v) is 5.31. The van der Waals surface area contributed by atoms with Crippen LogP contribution in [0.25, 0.3) is 0 Å². The molecular weight excluding hydrogens is 290 g/mol. The Morgan fingerprint density at radius 3 is 2.48 bits per heavy atom. The van der Waals surface area contributed by atoms with Gasteiger partial charge in [0.15, 0.2) is 0 Å². The highest BCUT2D eigenvalue weighted by Crippen LogP contribution is 2.23. The van der Waals surface area contributed by atoms with Crippen molar-refractivity contribution in [1.82, 2.24) is 4.98 Å². The summed E-state index contributed by atoms with van der Waals surface area (Å²) >= 11 is 1.38. The van der Waals surface area contributed by atoms with E-state index in [2.05, 4.69) is 4.98 Å². The Hall–Kier alpha value is -2.34. The first kappa shape index (κ1) is 15.1. The van der Waals surface area contributed by atoms with Crippen molar-refractivity contribution < 1.29 is 19.8 Å². The molecule has 0 saturated heterocycles. The van der Waals surface area contributed by atoms with E-state index in [1.54, 1.807) is 12.1 Å². The summed E-state index contributed by atoms with van der Waals surface area (Å²) < 4.78 is 0. The fourth-order valence-electron chi connectivity index (χ4n) is 1.81. The first-order chi connectivity index (χ1) is 10.1. The lowest BCUT2D eigenvalue weighted by Gasteiger charge is -2.07. The maximum Gasteiger partial charge on any atom is 0.335 e. The molecule has 0 aliphatic rings. The third-order valence-electron chi connectivity index (χ3n) is 2.82. The minimum absolute atomic E-state index is 0.0284. The van der Waals surface area contributed by atoms with Gasteiger partial charge in [0, 0.05) is 11.9 Å². The van der Waals surface area contributed by atoms with Gasteiger partial charge >= 0.3 is 11.9 Å². The molecule has 1 heterocycles. The first-order valence-electron chi connectivity index (χ1n) is 6.17. The number of aliphatic carboxylic acids is 1. The number of aromatic nitrogens is 1. The zero-order valence-corrected chi connectivity index (χ0v) is 11.8. The van der Waals surface area contributed by atoms with E-state index in [0.29, 0.717) is 10.8 Å². The summed E-state index contributed by atoms with van der Waals surface area (Å²) in [6.07, 6.45) is 1.42. The predicted octanol–water partition coefficient (Wildman–Crippen LogP) is 2.70. The van der Waals surface area contributed by atoms with Gasteiger partial charge in [-0.2, -0.15) is 0 Å². The van der Waals surface area contributed by atoms with Crippen LogP contribution in [0.3, 0.4) is 0 Å². The van der Waals surface area contributed by atoms with Crippen molar-refractivity contribution >= 4 is 23.7 Å². The molecule has 5 nitrogen and oxygen atoms in total. The van der Waals surface area contributed by atoms with Crippen molar-refractivity contribution in [2.75, 3.05) is 0 Å². The normalized spacial score (nSPS) is 10.3. The molecule has 2 aromatic rings. The number of nitrogens with zero attached hydrogens (tertiary/aromatic N) is 1. The number of thioether (sulfide) groups is 1. The average molecular weight is 303 g/mol. The topological polar surface area (TPSA) is 87.5 Å². The molecule has 108 valence electrons. The Morgan fingerprint density at radius 1 is 1.10 bits per heavy atom. The van der Waals surface area contributed by atoms with E-state index < -0.39 is 11.9 Å². The van der Waals surface area contributed by atoms with Gasteiger partial charge in [-0.25, -0.2) is 9.78 Å². The molecule has 0 amide bonds. The largest absolute Gasteiger partial charge is 0.481 e. The second-order valence-electron chi connectivity index (χ2n) is 4.32. The molecule has 2 N–H and O–H groups in total. The third-order valence-corrected chi connectivity index (χ3v) is 3.79. The molecule has 2 rings (SSSR count). The molecule has 0 saturated carbocycles. The van der Waals surface area contributed by atoms with E-state index in [-0.39, 0.29) is 12.0 Å². The van der Waals surface area contributed by atoms with E-state index in [1.165, 1.54) is 30.1 Å². The number of carboxylic acids is 2. The Bertz CT molecular complexity index is 672. The lowest BCUT2D eigenvalue weighted by atomic mass is 10.1. The van der Waals surface area contributed by atoms with Crippen LogP contribution < -0.4 is 0 Å². The van der Waals surface area contributed by atoms with Crippen molar-refractivity contribution in [1.29, 1.82) is 0 Å². The SMILES string of the molecule is O=C(O)Cc1ccccc1CSc1cc(C(=O)O)ccn1. The Balaban J connectivity index is 2.11. The van der Waals surface area contributed by atoms with Gasteiger partial charge in [0.25, 0.3) is 0 Å². The molecular formula is C15H13NO4S. The molecule has 0 bridgehead atoms. The highest BCUT2D eigenvalue weighted by Gasteiger charge is 2.08. The van der Waals surface area contributed by atoms with Gasteiger partial charge in [0.05, 0.1) is 17.0 Å².